The van der Waals surface area contributed by atoms with E-state index in [4.69, 9.17) is 14.2 Å². The Bertz CT molecular complexity index is 1120. The van der Waals surface area contributed by atoms with Crippen molar-refractivity contribution in [3.8, 4) is 11.5 Å². The highest BCUT2D eigenvalue weighted by molar-refractivity contribution is 6.04. The number of hydrazine groups is 1. The Hall–Kier alpha value is -4.01. The zero-order valence-electron chi connectivity index (χ0n) is 16.1. The third-order valence-corrected chi connectivity index (χ3v) is 4.58. The van der Waals surface area contributed by atoms with E-state index in [1.165, 1.54) is 0 Å². The number of ether oxygens (including phenoxy) is 3. The minimum atomic E-state index is -0.918. The van der Waals surface area contributed by atoms with Gasteiger partial charge in [0.25, 0.3) is 11.8 Å². The van der Waals surface area contributed by atoms with Gasteiger partial charge in [0.05, 0.1) is 5.56 Å². The molecule has 30 heavy (non-hydrogen) atoms. The van der Waals surface area contributed by atoms with Gasteiger partial charge in [0.1, 0.15) is 6.61 Å². The standard InChI is InChI=1S/C21H19N3O6/c1-24-10-14(13-6-2-3-7-15(13)24)21(27)29-12-19(25)22-23-20(26)18-11-28-16-8-4-5-9-17(16)30-18/h2-10,18H,11-12H2,1H3,(H,22,25)(H,23,26)/t18-/m1/s1. The molecule has 2 amide bonds. The summed E-state index contributed by atoms with van der Waals surface area (Å²) in [5.41, 5.74) is 5.67. The predicted molar refractivity (Wildman–Crippen MR) is 106 cm³/mol. The highest BCUT2D eigenvalue weighted by Crippen LogP contribution is 2.30. The molecule has 0 fully saturated rings. The normalized spacial score (nSPS) is 14.8. The average Bonchev–Trinajstić information content (AvgIpc) is 3.12. The number of benzene rings is 2. The SMILES string of the molecule is Cn1cc(C(=O)OCC(=O)NNC(=O)[C@H]2COc3ccccc3O2)c2ccccc21. The molecule has 0 aliphatic carbocycles. The lowest BCUT2D eigenvalue weighted by molar-refractivity contribution is -0.135. The molecule has 9 nitrogen and oxygen atoms in total. The number of fused-ring (bicyclic) bond motifs is 2. The molecule has 4 rings (SSSR count). The van der Waals surface area contributed by atoms with Crippen molar-refractivity contribution in [2.75, 3.05) is 13.2 Å². The van der Waals surface area contributed by atoms with E-state index in [-0.39, 0.29) is 6.61 Å². The van der Waals surface area contributed by atoms with Crippen molar-refractivity contribution in [1.29, 1.82) is 0 Å². The number of amides is 2. The second-order valence-electron chi connectivity index (χ2n) is 6.65. The fourth-order valence-electron chi connectivity index (χ4n) is 3.11. The van der Waals surface area contributed by atoms with Crippen molar-refractivity contribution in [2.45, 2.75) is 6.10 Å². The van der Waals surface area contributed by atoms with E-state index in [9.17, 15) is 14.4 Å². The van der Waals surface area contributed by atoms with E-state index >= 15 is 0 Å². The van der Waals surface area contributed by atoms with E-state index < -0.39 is 30.5 Å². The number of nitrogens with one attached hydrogen (secondary N) is 2. The van der Waals surface area contributed by atoms with E-state index in [0.717, 1.165) is 10.9 Å². The van der Waals surface area contributed by atoms with Crippen molar-refractivity contribution in [3.63, 3.8) is 0 Å². The maximum atomic E-state index is 12.3. The Labute approximate surface area is 171 Å². The molecule has 2 heterocycles. The van der Waals surface area contributed by atoms with Crippen LogP contribution in [-0.2, 0) is 21.4 Å². The second-order valence-corrected chi connectivity index (χ2v) is 6.65. The van der Waals surface area contributed by atoms with E-state index in [1.54, 1.807) is 41.1 Å². The first-order valence-electron chi connectivity index (χ1n) is 9.21. The molecule has 2 N–H and O–H groups in total. The Balaban J connectivity index is 1.27. The maximum absolute atomic E-state index is 12.3. The average molecular weight is 409 g/mol. The van der Waals surface area contributed by atoms with Crippen LogP contribution in [0, 0.1) is 0 Å². The molecule has 0 spiro atoms. The number of aryl methyl sites for hydroxylation is 1. The van der Waals surface area contributed by atoms with Crippen molar-refractivity contribution in [1.82, 2.24) is 15.4 Å². The molecule has 0 saturated heterocycles. The van der Waals surface area contributed by atoms with Gasteiger partial charge in [0.2, 0.25) is 6.10 Å². The Morgan fingerprint density at radius 1 is 1.07 bits per heavy atom. The number of carbonyl (C=O) groups is 3. The van der Waals surface area contributed by atoms with Crippen LogP contribution in [0.3, 0.4) is 0 Å². The largest absolute Gasteiger partial charge is 0.485 e. The number of hydrogen-bond donors (Lipinski definition) is 2. The van der Waals surface area contributed by atoms with Crippen LogP contribution < -0.4 is 20.3 Å². The molecule has 0 unspecified atom stereocenters. The van der Waals surface area contributed by atoms with Gasteiger partial charge in [-0.3, -0.25) is 20.4 Å². The molecule has 1 aliphatic rings. The van der Waals surface area contributed by atoms with E-state index in [2.05, 4.69) is 10.9 Å². The molecule has 0 bridgehead atoms. The lowest BCUT2D eigenvalue weighted by atomic mass is 10.2. The molecule has 0 saturated carbocycles. The van der Waals surface area contributed by atoms with Crippen LogP contribution in [0.2, 0.25) is 0 Å². The van der Waals surface area contributed by atoms with Crippen LogP contribution >= 0.6 is 0 Å². The Kier molecular flexibility index (Phi) is 5.25. The molecule has 154 valence electrons. The number of hydrogen-bond acceptors (Lipinski definition) is 6. The van der Waals surface area contributed by atoms with Gasteiger partial charge < -0.3 is 18.8 Å². The summed E-state index contributed by atoms with van der Waals surface area (Å²) in [6.07, 6.45) is 0.726. The third-order valence-electron chi connectivity index (χ3n) is 4.58. The summed E-state index contributed by atoms with van der Waals surface area (Å²) < 4.78 is 17.9. The fraction of sp³-hybridized carbons (Fsp3) is 0.190. The summed E-state index contributed by atoms with van der Waals surface area (Å²) >= 11 is 0. The summed E-state index contributed by atoms with van der Waals surface area (Å²) in [4.78, 5) is 36.5. The smallest absolute Gasteiger partial charge is 0.340 e. The first-order valence-corrected chi connectivity index (χ1v) is 9.21. The minimum Gasteiger partial charge on any atom is -0.485 e. The first-order chi connectivity index (χ1) is 14.5. The highest BCUT2D eigenvalue weighted by atomic mass is 16.6. The number of rotatable bonds is 4. The maximum Gasteiger partial charge on any atom is 0.340 e. The topological polar surface area (TPSA) is 108 Å². The molecule has 2 aromatic carbocycles. The Morgan fingerprint density at radius 2 is 1.80 bits per heavy atom. The predicted octanol–water partition coefficient (Wildman–Crippen LogP) is 1.32. The number of para-hydroxylation sites is 3. The minimum absolute atomic E-state index is 0.00871. The lowest BCUT2D eigenvalue weighted by Gasteiger charge is -2.25. The van der Waals surface area contributed by atoms with Gasteiger partial charge in [-0.25, -0.2) is 4.79 Å². The monoisotopic (exact) mass is 409 g/mol. The molecule has 1 aliphatic heterocycles. The van der Waals surface area contributed by atoms with Gasteiger partial charge in [-0.2, -0.15) is 0 Å². The molecule has 3 aromatic rings. The van der Waals surface area contributed by atoms with Crippen LogP contribution in [0.1, 0.15) is 10.4 Å². The molecular weight excluding hydrogens is 390 g/mol. The van der Waals surface area contributed by atoms with Gasteiger partial charge >= 0.3 is 5.97 Å². The quantitative estimate of drug-likeness (QED) is 0.497. The Morgan fingerprint density at radius 3 is 2.63 bits per heavy atom. The molecular formula is C21H19N3O6. The number of aromatic nitrogens is 1. The zero-order valence-corrected chi connectivity index (χ0v) is 16.1. The number of esters is 1. The van der Waals surface area contributed by atoms with Gasteiger partial charge in [0, 0.05) is 24.1 Å². The third kappa shape index (κ3) is 3.90. The van der Waals surface area contributed by atoms with Crippen LogP contribution in [0.5, 0.6) is 11.5 Å². The van der Waals surface area contributed by atoms with Crippen molar-refractivity contribution >= 4 is 28.7 Å². The summed E-state index contributed by atoms with van der Waals surface area (Å²) in [5, 5.41) is 0.730. The summed E-state index contributed by atoms with van der Waals surface area (Å²) in [6, 6.07) is 14.3. The molecule has 1 atom stereocenters. The number of nitrogens with zero attached hydrogens (tertiary/aromatic N) is 1. The zero-order chi connectivity index (χ0) is 21.1. The summed E-state index contributed by atoms with van der Waals surface area (Å²) in [6.45, 7) is -0.540. The van der Waals surface area contributed by atoms with Crippen molar-refractivity contribution in [3.05, 3.63) is 60.3 Å². The van der Waals surface area contributed by atoms with Gasteiger partial charge in [-0.15, -0.1) is 0 Å². The summed E-state index contributed by atoms with van der Waals surface area (Å²) in [5.74, 6) is -0.911. The lowest BCUT2D eigenvalue weighted by Crippen LogP contribution is -2.51. The van der Waals surface area contributed by atoms with Crippen molar-refractivity contribution < 1.29 is 28.6 Å². The van der Waals surface area contributed by atoms with Gasteiger partial charge in [0.15, 0.2) is 18.1 Å². The van der Waals surface area contributed by atoms with E-state index in [1.807, 2.05) is 25.2 Å². The first kappa shape index (κ1) is 19.3. The van der Waals surface area contributed by atoms with E-state index in [0.29, 0.717) is 17.1 Å². The summed E-state index contributed by atoms with van der Waals surface area (Å²) in [7, 11) is 1.82. The fourth-order valence-corrected chi connectivity index (χ4v) is 3.11. The van der Waals surface area contributed by atoms with Crippen molar-refractivity contribution in [2.24, 2.45) is 7.05 Å². The van der Waals surface area contributed by atoms with Crippen LogP contribution in [0.25, 0.3) is 10.9 Å². The molecule has 9 heteroatoms. The molecule has 1 aromatic heterocycles. The second kappa shape index (κ2) is 8.16. The number of carbonyl (C=O) groups excluding carboxylic acids is 3. The van der Waals surface area contributed by atoms with Gasteiger partial charge in [-0.05, 0) is 18.2 Å². The van der Waals surface area contributed by atoms with Crippen LogP contribution in [-0.4, -0.2) is 41.7 Å². The molecule has 0 radical (unpaired) electrons. The van der Waals surface area contributed by atoms with Gasteiger partial charge in [-0.1, -0.05) is 30.3 Å². The highest BCUT2D eigenvalue weighted by Gasteiger charge is 2.27. The van der Waals surface area contributed by atoms with Crippen LogP contribution in [0.4, 0.5) is 0 Å². The van der Waals surface area contributed by atoms with Crippen LogP contribution in [0.15, 0.2) is 54.7 Å².